The molecule has 3 aromatic rings. The molecular weight excluding hydrogens is 790 g/mol. The molecule has 0 saturated carbocycles. The van der Waals surface area contributed by atoms with E-state index in [-0.39, 0.29) is 48.6 Å². The molecule has 0 spiro atoms. The zero-order chi connectivity index (χ0) is 41.5. The van der Waals surface area contributed by atoms with Gasteiger partial charge in [-0.1, -0.05) is 47.1 Å². The summed E-state index contributed by atoms with van der Waals surface area (Å²) >= 11 is 0. The first-order chi connectivity index (χ1) is 27.0. The third-order valence-electron chi connectivity index (χ3n) is 8.65. The number of hydrogen-bond donors (Lipinski definition) is 2. The van der Waals surface area contributed by atoms with Crippen molar-refractivity contribution in [3.63, 3.8) is 0 Å². The molecule has 0 atom stereocenters. The Morgan fingerprint density at radius 3 is 2.25 bits per heavy atom. The van der Waals surface area contributed by atoms with Gasteiger partial charge in [0.2, 0.25) is 11.0 Å². The van der Waals surface area contributed by atoms with Crippen molar-refractivity contribution < 1.29 is 53.5 Å². The smallest absolute Gasteiger partial charge is 0.460 e. The number of amides is 1. The van der Waals surface area contributed by atoms with Crippen molar-refractivity contribution in [1.29, 1.82) is 0 Å². The van der Waals surface area contributed by atoms with Gasteiger partial charge < -0.3 is 24.1 Å². The van der Waals surface area contributed by atoms with Crippen LogP contribution in [0.5, 0.6) is 0 Å². The Morgan fingerprint density at radius 2 is 1.58 bits per heavy atom. The molecule has 5 rings (SSSR count). The maximum Gasteiger partial charge on any atom is 0.512 e. The van der Waals surface area contributed by atoms with Crippen LogP contribution >= 0.6 is 0 Å². The lowest BCUT2D eigenvalue weighted by atomic mass is 9.93. The molecule has 302 valence electrons. The number of anilines is 1. The number of benzene rings is 4. The third-order valence-corrected chi connectivity index (χ3v) is 11.9. The fourth-order valence-corrected chi connectivity index (χ4v) is 8.59. The highest BCUT2D eigenvalue weighted by Gasteiger charge is 2.48. The molecule has 0 aromatic heterocycles. The highest BCUT2D eigenvalue weighted by atomic mass is 32.3. The van der Waals surface area contributed by atoms with Gasteiger partial charge in [0.15, 0.2) is 0 Å². The van der Waals surface area contributed by atoms with E-state index in [1.54, 1.807) is 36.4 Å². The Labute approximate surface area is 327 Å². The summed E-state index contributed by atoms with van der Waals surface area (Å²) in [6.45, 7) is 10.0. The number of likely N-dealkylation sites (N-methyl/N-ethyl adjacent to an activating group) is 1. The predicted octanol–water partition coefficient (Wildman–Crippen LogP) is 6.13. The number of sulfonamides is 2. The summed E-state index contributed by atoms with van der Waals surface area (Å²) in [6, 6.07) is 25.0. The first kappa shape index (κ1) is 42.4. The molecule has 1 aliphatic carbocycles. The van der Waals surface area contributed by atoms with Gasteiger partial charge in [0.05, 0.1) is 24.1 Å². The van der Waals surface area contributed by atoms with Crippen molar-refractivity contribution in [2.75, 3.05) is 44.3 Å². The fraction of sp³-hybridized carbons (Fsp3) is 0.256. The number of alkyl halides is 3. The number of halogens is 3. The van der Waals surface area contributed by atoms with E-state index in [0.29, 0.717) is 35.5 Å². The molecule has 0 bridgehead atoms. The third kappa shape index (κ3) is 9.81. The number of carbonyl (C=O) groups is 2. The molecule has 0 saturated heterocycles. The summed E-state index contributed by atoms with van der Waals surface area (Å²) in [7, 11) is -11.6. The van der Waals surface area contributed by atoms with E-state index in [9.17, 15) is 39.6 Å². The lowest BCUT2D eigenvalue weighted by molar-refractivity contribution is -0.138. The van der Waals surface area contributed by atoms with E-state index in [2.05, 4.69) is 11.9 Å². The number of nitrogens with zero attached hydrogens (tertiary/aromatic N) is 2. The molecule has 2 N–H and O–H groups in total. The lowest BCUT2D eigenvalue weighted by Gasteiger charge is -2.24. The Morgan fingerprint density at radius 1 is 0.877 bits per heavy atom. The Bertz CT molecular complexity index is 2560. The highest BCUT2D eigenvalue weighted by molar-refractivity contribution is 8.05. The van der Waals surface area contributed by atoms with Crippen LogP contribution in [0.1, 0.15) is 20.8 Å². The maximum absolute atomic E-state index is 13.5. The predicted molar refractivity (Wildman–Crippen MR) is 208 cm³/mol. The second-order valence-corrected chi connectivity index (χ2v) is 16.1. The minimum absolute atomic E-state index is 0.0273. The summed E-state index contributed by atoms with van der Waals surface area (Å²) in [5.74, 6) is -0.286. The molecule has 57 heavy (non-hydrogen) atoms. The van der Waals surface area contributed by atoms with Gasteiger partial charge in [0.1, 0.15) is 31.1 Å². The average Bonchev–Trinajstić information content (AvgIpc) is 3.16. The highest BCUT2D eigenvalue weighted by Crippen LogP contribution is 2.43. The van der Waals surface area contributed by atoms with Crippen molar-refractivity contribution in [3.05, 3.63) is 109 Å². The normalized spacial score (nSPS) is 12.6. The van der Waals surface area contributed by atoms with Crippen LogP contribution in [0.4, 0.5) is 29.3 Å². The lowest BCUT2D eigenvalue weighted by Crippen LogP contribution is -2.40. The summed E-state index contributed by atoms with van der Waals surface area (Å²) in [5, 5.41) is 3.58. The van der Waals surface area contributed by atoms with Crippen LogP contribution in [0, 0.1) is 0 Å². The topological polar surface area (TPSA) is 164 Å². The average molecular weight is 830 g/mol. The molecule has 18 heteroatoms. The standard InChI is InChI=1S/C39H39F3N4O9S2/c1-5-45(21-23-54-38(48)43-20-22-53-37(47)26(3)4)28-16-18-30-33(24-28)55-34-25-29(46(6-2)27-12-8-7-9-13-27)17-19-31(34)36(30)32-14-10-11-15-35(32)56(49,50)44-57(51,52)39(40,41)42/h7-19,24-25,44H,3,5-6,20-23H2,1-2,4H3/p+1. The number of para-hydroxylation sites is 1. The van der Waals surface area contributed by atoms with Gasteiger partial charge in [-0.3, -0.25) is 0 Å². The number of carbonyl (C=O) groups excluding carboxylic acids is 2. The molecule has 1 heterocycles. The summed E-state index contributed by atoms with van der Waals surface area (Å²) < 4.78 is 111. The van der Waals surface area contributed by atoms with E-state index in [1.165, 1.54) is 25.1 Å². The maximum atomic E-state index is 13.5. The van der Waals surface area contributed by atoms with Crippen molar-refractivity contribution in [2.24, 2.45) is 0 Å². The number of ether oxygens (including phenoxy) is 2. The van der Waals surface area contributed by atoms with Gasteiger partial charge in [-0.2, -0.15) is 17.7 Å². The van der Waals surface area contributed by atoms with Crippen molar-refractivity contribution in [1.82, 2.24) is 14.0 Å². The quantitative estimate of drug-likeness (QED) is 0.0413. The molecule has 1 amide bonds. The van der Waals surface area contributed by atoms with Gasteiger partial charge in [0, 0.05) is 64.1 Å². The van der Waals surface area contributed by atoms with E-state index in [0.717, 1.165) is 21.2 Å². The monoisotopic (exact) mass is 829 g/mol. The molecule has 0 radical (unpaired) electrons. The van der Waals surface area contributed by atoms with Crippen LogP contribution in [0.25, 0.3) is 33.4 Å². The van der Waals surface area contributed by atoms with Crippen LogP contribution in [-0.4, -0.2) is 73.8 Å². The number of fused-ring (bicyclic) bond motifs is 2. The number of esters is 1. The van der Waals surface area contributed by atoms with Gasteiger partial charge in [-0.05, 0) is 45.0 Å². The molecule has 3 aromatic carbocycles. The van der Waals surface area contributed by atoms with Crippen LogP contribution in [0.2, 0.25) is 0 Å². The second kappa shape index (κ2) is 17.6. The van der Waals surface area contributed by atoms with E-state index < -0.39 is 42.5 Å². The second-order valence-electron chi connectivity index (χ2n) is 12.5. The number of rotatable bonds is 15. The molecular formula is C39H40F3N4O9S2+. The zero-order valence-electron chi connectivity index (χ0n) is 31.1. The Balaban J connectivity index is 1.59. The summed E-state index contributed by atoms with van der Waals surface area (Å²) in [5.41, 5.74) is -3.31. The first-order valence-electron chi connectivity index (χ1n) is 17.6. The number of alkyl carbamates (subject to hydrolysis) is 1. The van der Waals surface area contributed by atoms with Crippen molar-refractivity contribution >= 4 is 54.5 Å². The first-order valence-corrected chi connectivity index (χ1v) is 20.5. The molecule has 2 aliphatic rings. The minimum atomic E-state index is -6.30. The van der Waals surface area contributed by atoms with Crippen LogP contribution in [0.15, 0.2) is 112 Å². The van der Waals surface area contributed by atoms with E-state index in [1.807, 2.05) is 53.7 Å². The molecule has 0 fully saturated rings. The van der Waals surface area contributed by atoms with E-state index in [4.69, 9.17) is 13.9 Å². The van der Waals surface area contributed by atoms with Gasteiger partial charge in [-0.15, -0.1) is 0 Å². The number of nitrogens with one attached hydrogen (secondary N) is 2. The number of hydrogen-bond acceptors (Lipinski definition) is 10. The zero-order valence-corrected chi connectivity index (χ0v) is 32.8. The Kier molecular flexibility index (Phi) is 13.1. The van der Waals surface area contributed by atoms with Gasteiger partial charge in [-0.25, -0.2) is 26.4 Å². The van der Waals surface area contributed by atoms with Crippen LogP contribution in [0.3, 0.4) is 0 Å². The van der Waals surface area contributed by atoms with Gasteiger partial charge in [0.25, 0.3) is 10.0 Å². The van der Waals surface area contributed by atoms with Crippen LogP contribution in [-0.2, 0) is 34.3 Å². The molecule has 13 nitrogen and oxygen atoms in total. The minimum Gasteiger partial charge on any atom is -0.460 e. The molecule has 0 unspecified atom stereocenters. The van der Waals surface area contributed by atoms with E-state index >= 15 is 0 Å². The van der Waals surface area contributed by atoms with Crippen LogP contribution < -0.4 is 24.3 Å². The summed E-state index contributed by atoms with van der Waals surface area (Å²) in [4.78, 5) is 24.9. The SMILES string of the molecule is C=C(C)C(=O)OCCNC(=O)OCCN(CC)c1ccc2c(-c3ccccc3S(=O)(=O)NS(=O)(=O)C(F)(F)F)c3cc/c(=[N+](\CC)c4ccccc4)cc-3oc2c1. The van der Waals surface area contributed by atoms with Crippen molar-refractivity contribution in [2.45, 2.75) is 31.2 Å². The Hall–Kier alpha value is -5.72. The summed E-state index contributed by atoms with van der Waals surface area (Å²) in [6.07, 6.45) is -0.722. The largest absolute Gasteiger partial charge is 0.512 e. The van der Waals surface area contributed by atoms with Crippen molar-refractivity contribution in [3.8, 4) is 22.5 Å². The molecule has 1 aliphatic heterocycles. The van der Waals surface area contributed by atoms with Gasteiger partial charge >= 0.3 is 27.6 Å². The fourth-order valence-electron chi connectivity index (χ4n) is 5.98.